The van der Waals surface area contributed by atoms with Gasteiger partial charge in [0.2, 0.25) is 5.91 Å². The summed E-state index contributed by atoms with van der Waals surface area (Å²) >= 11 is 0. The van der Waals surface area contributed by atoms with E-state index in [0.717, 1.165) is 53.2 Å². The molecule has 4 aromatic heterocycles. The third-order valence-corrected chi connectivity index (χ3v) is 8.46. The number of rotatable bonds is 9. The van der Waals surface area contributed by atoms with E-state index in [1.807, 2.05) is 49.3 Å². The molecule has 11 heteroatoms. The van der Waals surface area contributed by atoms with E-state index in [4.69, 9.17) is 9.72 Å². The number of halogens is 1. The number of imidazole rings is 1. The third-order valence-electron chi connectivity index (χ3n) is 8.46. The highest BCUT2D eigenvalue weighted by molar-refractivity contribution is 5.98. The zero-order valence-electron chi connectivity index (χ0n) is 25.8. The summed E-state index contributed by atoms with van der Waals surface area (Å²) < 4.78 is 20.5. The lowest BCUT2D eigenvalue weighted by Crippen LogP contribution is -2.24. The number of aromatic amines is 2. The molecule has 1 aliphatic carbocycles. The Hall–Kier alpha value is -5.16. The fourth-order valence-electron chi connectivity index (χ4n) is 6.04. The molecule has 0 saturated heterocycles. The number of nitrogens with zero attached hydrogens (tertiary/aromatic N) is 5. The molecule has 1 amide bonds. The third kappa shape index (κ3) is 6.18. The zero-order valence-corrected chi connectivity index (χ0v) is 25.8. The number of ether oxygens (including phenoxy) is 1. The Morgan fingerprint density at radius 1 is 0.978 bits per heavy atom. The molecule has 0 unspecified atom stereocenters. The van der Waals surface area contributed by atoms with Crippen LogP contribution in [0.1, 0.15) is 32.1 Å². The second kappa shape index (κ2) is 12.7. The van der Waals surface area contributed by atoms with Crippen molar-refractivity contribution in [2.24, 2.45) is 5.92 Å². The second-order valence-electron chi connectivity index (χ2n) is 12.1. The minimum absolute atomic E-state index is 0.0613. The molecule has 46 heavy (non-hydrogen) atoms. The molecule has 0 bridgehead atoms. The molecule has 10 nitrogen and oxygen atoms in total. The lowest BCUT2D eigenvalue weighted by molar-refractivity contribution is -0.120. The highest BCUT2D eigenvalue weighted by atomic mass is 19.1. The number of aromatic nitrogens is 6. The Balaban J connectivity index is 1.19. The average Bonchev–Trinajstić information content (AvgIpc) is 3.69. The van der Waals surface area contributed by atoms with E-state index in [9.17, 15) is 9.18 Å². The highest BCUT2D eigenvalue weighted by Gasteiger charge is 2.22. The first-order chi connectivity index (χ1) is 22.4. The van der Waals surface area contributed by atoms with Crippen molar-refractivity contribution >= 4 is 33.5 Å². The van der Waals surface area contributed by atoms with Crippen molar-refractivity contribution in [3.8, 4) is 39.7 Å². The number of pyridine rings is 2. The van der Waals surface area contributed by atoms with Crippen molar-refractivity contribution in [1.82, 2.24) is 35.0 Å². The Kier molecular flexibility index (Phi) is 8.15. The highest BCUT2D eigenvalue weighted by Crippen LogP contribution is 2.34. The van der Waals surface area contributed by atoms with Crippen molar-refractivity contribution in [2.75, 3.05) is 32.6 Å². The number of hydrogen-bond donors (Lipinski definition) is 3. The number of amides is 1. The van der Waals surface area contributed by atoms with E-state index in [-0.39, 0.29) is 11.8 Å². The van der Waals surface area contributed by atoms with Crippen LogP contribution < -0.4 is 10.1 Å². The van der Waals surface area contributed by atoms with Crippen molar-refractivity contribution in [1.29, 1.82) is 0 Å². The molecule has 1 aliphatic rings. The Labute approximate surface area is 265 Å². The van der Waals surface area contributed by atoms with Crippen molar-refractivity contribution in [3.63, 3.8) is 0 Å². The molecule has 7 rings (SSSR count). The first-order valence-corrected chi connectivity index (χ1v) is 15.6. The van der Waals surface area contributed by atoms with Gasteiger partial charge in [-0.05, 0) is 68.9 Å². The van der Waals surface area contributed by atoms with Gasteiger partial charge in [-0.3, -0.25) is 19.9 Å². The number of carbonyl (C=O) groups excluding carboxylic acids is 1. The predicted molar refractivity (Wildman–Crippen MR) is 177 cm³/mol. The molecule has 1 saturated carbocycles. The largest absolute Gasteiger partial charge is 0.492 e. The molecule has 0 spiro atoms. The van der Waals surface area contributed by atoms with Crippen LogP contribution in [-0.4, -0.2) is 68.2 Å². The quantitative estimate of drug-likeness (QED) is 0.162. The van der Waals surface area contributed by atoms with Gasteiger partial charge in [0.05, 0.1) is 28.6 Å². The first-order valence-electron chi connectivity index (χ1n) is 15.6. The Morgan fingerprint density at radius 3 is 2.70 bits per heavy atom. The molecule has 4 heterocycles. The van der Waals surface area contributed by atoms with Gasteiger partial charge in [0, 0.05) is 47.4 Å². The van der Waals surface area contributed by atoms with Crippen LogP contribution in [-0.2, 0) is 4.79 Å². The van der Waals surface area contributed by atoms with Gasteiger partial charge < -0.3 is 19.9 Å². The normalized spacial score (nSPS) is 13.9. The average molecular weight is 619 g/mol. The lowest BCUT2D eigenvalue weighted by Gasteiger charge is -2.20. The van der Waals surface area contributed by atoms with Gasteiger partial charge in [0.1, 0.15) is 29.4 Å². The summed E-state index contributed by atoms with van der Waals surface area (Å²) in [5.41, 5.74) is 6.42. The van der Waals surface area contributed by atoms with E-state index in [1.54, 1.807) is 24.7 Å². The lowest BCUT2D eigenvalue weighted by atomic mass is 9.88. The minimum atomic E-state index is -0.412. The van der Waals surface area contributed by atoms with Crippen LogP contribution in [0.25, 0.3) is 55.8 Å². The van der Waals surface area contributed by atoms with Crippen LogP contribution in [0.3, 0.4) is 0 Å². The number of fused-ring (bicyclic) bond motifs is 2. The molecule has 0 radical (unpaired) electrons. The fourth-order valence-corrected chi connectivity index (χ4v) is 6.04. The van der Waals surface area contributed by atoms with Gasteiger partial charge in [-0.1, -0.05) is 25.3 Å². The van der Waals surface area contributed by atoms with Crippen LogP contribution in [0.5, 0.6) is 5.75 Å². The predicted octanol–water partition coefficient (Wildman–Crippen LogP) is 6.83. The van der Waals surface area contributed by atoms with Gasteiger partial charge in [-0.15, -0.1) is 0 Å². The molecule has 0 aliphatic heterocycles. The maximum absolute atomic E-state index is 14.7. The van der Waals surface area contributed by atoms with Gasteiger partial charge in [0.25, 0.3) is 0 Å². The molecule has 1 fully saturated rings. The van der Waals surface area contributed by atoms with Crippen LogP contribution in [0.4, 0.5) is 10.1 Å². The summed E-state index contributed by atoms with van der Waals surface area (Å²) in [4.78, 5) is 32.1. The van der Waals surface area contributed by atoms with Crippen molar-refractivity contribution in [2.45, 2.75) is 32.1 Å². The Morgan fingerprint density at radius 2 is 1.85 bits per heavy atom. The number of anilines is 1. The maximum atomic E-state index is 14.7. The Bertz CT molecular complexity index is 2030. The number of H-pyrrole nitrogens is 2. The van der Waals surface area contributed by atoms with Gasteiger partial charge in [-0.25, -0.2) is 9.37 Å². The summed E-state index contributed by atoms with van der Waals surface area (Å²) in [6, 6.07) is 14.4. The topological polar surface area (TPSA) is 125 Å². The number of carbonyl (C=O) groups is 1. The first kappa shape index (κ1) is 29.5. The van der Waals surface area contributed by atoms with Gasteiger partial charge in [-0.2, -0.15) is 5.10 Å². The summed E-state index contributed by atoms with van der Waals surface area (Å²) in [7, 11) is 3.91. The molecule has 3 N–H and O–H groups in total. The number of benzene rings is 2. The summed E-state index contributed by atoms with van der Waals surface area (Å²) in [5.74, 6) is 0.703. The minimum Gasteiger partial charge on any atom is -0.492 e. The monoisotopic (exact) mass is 618 g/mol. The molecule has 234 valence electrons. The molecule has 2 aromatic carbocycles. The van der Waals surface area contributed by atoms with Gasteiger partial charge in [0.15, 0.2) is 5.82 Å². The second-order valence-corrected chi connectivity index (χ2v) is 12.1. The smallest absolute Gasteiger partial charge is 0.227 e. The van der Waals surface area contributed by atoms with Crippen LogP contribution in [0, 0.1) is 11.7 Å². The summed E-state index contributed by atoms with van der Waals surface area (Å²) in [6.45, 7) is 1.14. The maximum Gasteiger partial charge on any atom is 0.227 e. The molecule has 6 aromatic rings. The van der Waals surface area contributed by atoms with Crippen molar-refractivity contribution in [3.05, 3.63) is 72.9 Å². The van der Waals surface area contributed by atoms with E-state index in [2.05, 4.69) is 30.5 Å². The molecular formula is C35H35FN8O2. The summed E-state index contributed by atoms with van der Waals surface area (Å²) in [6.07, 6.45) is 10.4. The van der Waals surface area contributed by atoms with E-state index < -0.39 is 5.82 Å². The zero-order chi connectivity index (χ0) is 31.6. The van der Waals surface area contributed by atoms with Gasteiger partial charge >= 0.3 is 0 Å². The fraction of sp³-hybridized carbons (Fsp3) is 0.286. The number of hydrogen-bond acceptors (Lipinski definition) is 7. The number of nitrogens with one attached hydrogen (secondary N) is 3. The van der Waals surface area contributed by atoms with Crippen molar-refractivity contribution < 1.29 is 13.9 Å². The molecule has 0 atom stereocenters. The molecular weight excluding hydrogens is 583 g/mol. The van der Waals surface area contributed by atoms with Crippen LogP contribution >= 0.6 is 0 Å². The van der Waals surface area contributed by atoms with E-state index in [1.165, 1.54) is 18.6 Å². The summed E-state index contributed by atoms with van der Waals surface area (Å²) in [5, 5.41) is 11.6. The SMILES string of the molecule is CN(C)CCOc1cc(F)cc(-c2nccc3[nH]c(-c4n[nH]c5ccc(-c6cncc(NC(=O)C7CCCCC7)c6)cc45)nc23)c1. The van der Waals surface area contributed by atoms with Crippen LogP contribution in [0.2, 0.25) is 0 Å². The number of likely N-dealkylation sites (N-methyl/N-ethyl adjacent to an activating group) is 1. The van der Waals surface area contributed by atoms with E-state index in [0.29, 0.717) is 52.9 Å². The van der Waals surface area contributed by atoms with E-state index >= 15 is 0 Å². The standard InChI is InChI=1S/C35H35FN8O2/c1-44(2)12-13-46-27-16-23(14-25(36)18-27)31-33-30(10-11-38-31)40-34(41-33)32-28-17-22(8-9-29(28)42-43-32)24-15-26(20-37-19-24)39-35(45)21-6-4-3-5-7-21/h8-11,14-21H,3-7,12-13H2,1-2H3,(H,39,45)(H,40,41)(H,42,43). The van der Waals surface area contributed by atoms with Crippen LogP contribution in [0.15, 0.2) is 67.1 Å².